The molecule has 8 heteroatoms. The number of esters is 1. The van der Waals surface area contributed by atoms with Crippen molar-refractivity contribution >= 4 is 41.9 Å². The van der Waals surface area contributed by atoms with Gasteiger partial charge >= 0.3 is 12.1 Å². The Morgan fingerprint density at radius 2 is 1.31 bits per heavy atom. The molecule has 1 saturated heterocycles. The number of carbonyl (C=O) groups is 3. The zero-order valence-electron chi connectivity index (χ0n) is 26.0. The molecular formula is C37H40NO6P. The molecule has 2 heterocycles. The summed E-state index contributed by atoms with van der Waals surface area (Å²) in [6.45, 7) is 12.6. The first-order valence-electron chi connectivity index (χ1n) is 15.1. The van der Waals surface area contributed by atoms with E-state index in [9.17, 15) is 14.4 Å². The molecule has 234 valence electrons. The highest BCUT2D eigenvalue weighted by molar-refractivity contribution is 7.79. The van der Waals surface area contributed by atoms with E-state index < -0.39 is 32.1 Å². The smallest absolute Gasteiger partial charge is 0.457 e. The van der Waals surface area contributed by atoms with Crippen molar-refractivity contribution in [2.45, 2.75) is 39.3 Å². The highest BCUT2D eigenvalue weighted by atomic mass is 31.1. The average Bonchev–Trinajstić information content (AvgIpc) is 3.32. The molecular weight excluding hydrogens is 585 g/mol. The predicted octanol–water partition coefficient (Wildman–Crippen LogP) is 6.03. The van der Waals surface area contributed by atoms with E-state index in [1.807, 2.05) is 13.8 Å². The molecule has 0 bridgehead atoms. The van der Waals surface area contributed by atoms with Crippen molar-refractivity contribution in [1.29, 1.82) is 0 Å². The molecule has 0 N–H and O–H groups in total. The van der Waals surface area contributed by atoms with Crippen LogP contribution in [0, 0.1) is 11.8 Å². The van der Waals surface area contributed by atoms with Gasteiger partial charge < -0.3 is 19.1 Å². The van der Waals surface area contributed by atoms with Gasteiger partial charge in [0.25, 0.3) is 0 Å². The van der Waals surface area contributed by atoms with Crippen LogP contribution in [0.15, 0.2) is 128 Å². The minimum Gasteiger partial charge on any atom is -0.457 e. The summed E-state index contributed by atoms with van der Waals surface area (Å²) in [6.07, 6.45) is 2.03. The Labute approximate surface area is 266 Å². The Balaban J connectivity index is 0.000000214. The van der Waals surface area contributed by atoms with Crippen LogP contribution in [-0.4, -0.2) is 48.3 Å². The van der Waals surface area contributed by atoms with Gasteiger partial charge in [0.2, 0.25) is 5.91 Å². The van der Waals surface area contributed by atoms with Crippen molar-refractivity contribution in [3.05, 3.63) is 128 Å². The van der Waals surface area contributed by atoms with Crippen molar-refractivity contribution in [1.82, 2.24) is 4.90 Å². The van der Waals surface area contributed by atoms with Crippen molar-refractivity contribution in [2.75, 3.05) is 13.2 Å². The number of benzene rings is 3. The molecule has 4 atom stereocenters. The van der Waals surface area contributed by atoms with Crippen LogP contribution in [0.25, 0.3) is 0 Å². The standard InChI is InChI=1S/C19H25NO6.C18H15P/c1-6-9-24-18(22)16-13(8-3)11(4)15-14(17(21)20(15)16)12(5)26-19(23)25-10-7-2;1-4-10-16(11-5-1)19(17-12-6-2-7-13-17)18-14-8-3-9-15-18/h6-7,11-12,14-15H,1-2,8-10H2,3-5H3;1-15H/t11-,12+,14+,15+;/m0./s1. The molecule has 5 rings (SSSR count). The summed E-state index contributed by atoms with van der Waals surface area (Å²) < 4.78 is 15.1. The Bertz CT molecular complexity index is 1410. The molecule has 2 aliphatic rings. The number of β-lactam (4-membered cyclic amide) rings is 1. The second kappa shape index (κ2) is 16.0. The van der Waals surface area contributed by atoms with E-state index in [0.717, 1.165) is 5.57 Å². The molecule has 7 nitrogen and oxygen atoms in total. The summed E-state index contributed by atoms with van der Waals surface area (Å²) in [5.41, 5.74) is 1.19. The highest BCUT2D eigenvalue weighted by Crippen LogP contribution is 2.48. The van der Waals surface area contributed by atoms with Gasteiger partial charge in [0.1, 0.15) is 25.0 Å². The summed E-state index contributed by atoms with van der Waals surface area (Å²) in [4.78, 5) is 38.2. The van der Waals surface area contributed by atoms with E-state index in [1.54, 1.807) is 6.92 Å². The zero-order chi connectivity index (χ0) is 32.3. The summed E-state index contributed by atoms with van der Waals surface area (Å²) in [5.74, 6) is -1.32. The number of amides is 1. The first kappa shape index (κ1) is 33.4. The van der Waals surface area contributed by atoms with Crippen LogP contribution < -0.4 is 15.9 Å². The minimum atomic E-state index is -0.844. The Morgan fingerprint density at radius 3 is 1.76 bits per heavy atom. The van der Waals surface area contributed by atoms with E-state index in [0.29, 0.717) is 12.1 Å². The third-order valence-electron chi connectivity index (χ3n) is 7.85. The predicted molar refractivity (Wildman–Crippen MR) is 179 cm³/mol. The molecule has 0 spiro atoms. The monoisotopic (exact) mass is 625 g/mol. The van der Waals surface area contributed by atoms with Gasteiger partial charge in [0, 0.05) is 5.92 Å². The molecule has 3 aromatic carbocycles. The molecule has 0 aromatic heterocycles. The maximum absolute atomic E-state index is 12.7. The lowest BCUT2D eigenvalue weighted by molar-refractivity contribution is -0.164. The van der Waals surface area contributed by atoms with Gasteiger partial charge in [-0.25, -0.2) is 9.59 Å². The molecule has 0 radical (unpaired) electrons. The van der Waals surface area contributed by atoms with Crippen LogP contribution in [0.4, 0.5) is 4.79 Å². The summed E-state index contributed by atoms with van der Waals surface area (Å²) >= 11 is 0. The van der Waals surface area contributed by atoms with Gasteiger partial charge in [0.05, 0.1) is 12.0 Å². The number of hydrogen-bond donors (Lipinski definition) is 0. The SMILES string of the molecule is C=CCOC(=O)O[C@H](C)[C@H]1C(=O)N2C(C(=O)OCC=C)=C(CC)[C@H](C)[C@H]12.c1ccc(P(c2ccccc2)c2ccccc2)cc1. The minimum absolute atomic E-state index is 0.0239. The maximum Gasteiger partial charge on any atom is 0.508 e. The van der Waals surface area contributed by atoms with Crippen molar-refractivity contribution in [3.63, 3.8) is 0 Å². The fourth-order valence-corrected chi connectivity index (χ4v) is 8.17. The molecule has 3 aromatic rings. The van der Waals surface area contributed by atoms with Gasteiger partial charge in [-0.05, 0) is 42.8 Å². The van der Waals surface area contributed by atoms with E-state index in [-0.39, 0.29) is 31.1 Å². The Morgan fingerprint density at radius 1 is 0.844 bits per heavy atom. The number of carbonyl (C=O) groups excluding carboxylic acids is 3. The number of nitrogens with zero attached hydrogens (tertiary/aromatic N) is 1. The largest absolute Gasteiger partial charge is 0.508 e. The molecule has 1 amide bonds. The lowest BCUT2D eigenvalue weighted by Gasteiger charge is -2.47. The van der Waals surface area contributed by atoms with Crippen LogP contribution in [0.3, 0.4) is 0 Å². The molecule has 0 saturated carbocycles. The number of rotatable bonds is 11. The maximum atomic E-state index is 12.7. The summed E-state index contributed by atoms with van der Waals surface area (Å²) in [6, 6.07) is 32.1. The average molecular weight is 626 g/mol. The van der Waals surface area contributed by atoms with E-state index >= 15 is 0 Å². The van der Waals surface area contributed by atoms with E-state index in [4.69, 9.17) is 14.2 Å². The van der Waals surface area contributed by atoms with Gasteiger partial charge in [-0.15, -0.1) is 0 Å². The van der Waals surface area contributed by atoms with E-state index in [2.05, 4.69) is 104 Å². The number of fused-ring (bicyclic) bond motifs is 1. The van der Waals surface area contributed by atoms with Crippen LogP contribution in [0.5, 0.6) is 0 Å². The lowest BCUT2D eigenvalue weighted by Crippen LogP contribution is -2.64. The number of ether oxygens (including phenoxy) is 3. The van der Waals surface area contributed by atoms with Crippen LogP contribution in [0.1, 0.15) is 27.2 Å². The topological polar surface area (TPSA) is 82.1 Å². The quantitative estimate of drug-likeness (QED) is 0.112. The zero-order valence-corrected chi connectivity index (χ0v) is 26.9. The van der Waals surface area contributed by atoms with Gasteiger partial charge in [-0.3, -0.25) is 4.79 Å². The number of hydrogen-bond acceptors (Lipinski definition) is 6. The summed E-state index contributed by atoms with van der Waals surface area (Å²) in [7, 11) is -0.446. The van der Waals surface area contributed by atoms with Gasteiger partial charge in [0.15, 0.2) is 0 Å². The molecule has 45 heavy (non-hydrogen) atoms. The normalized spacial score (nSPS) is 19.0. The second-order valence-corrected chi connectivity index (χ2v) is 12.9. The van der Waals surface area contributed by atoms with Crippen LogP contribution in [-0.2, 0) is 23.8 Å². The third kappa shape index (κ3) is 7.61. The highest BCUT2D eigenvalue weighted by Gasteiger charge is 2.60. The van der Waals surface area contributed by atoms with Crippen LogP contribution >= 0.6 is 7.92 Å². The Kier molecular flexibility index (Phi) is 11.9. The van der Waals surface area contributed by atoms with Gasteiger partial charge in [-0.2, -0.15) is 0 Å². The first-order chi connectivity index (χ1) is 21.8. The molecule has 0 unspecified atom stereocenters. The van der Waals surface area contributed by atoms with Crippen molar-refractivity contribution < 1.29 is 28.6 Å². The van der Waals surface area contributed by atoms with Crippen molar-refractivity contribution in [3.8, 4) is 0 Å². The van der Waals surface area contributed by atoms with Gasteiger partial charge in [-0.1, -0.05) is 130 Å². The Hall–Kier alpha value is -4.48. The fourth-order valence-electron chi connectivity index (χ4n) is 5.87. The molecule has 2 aliphatic heterocycles. The van der Waals surface area contributed by atoms with E-state index in [1.165, 1.54) is 33.0 Å². The molecule has 1 fully saturated rings. The second-order valence-electron chi connectivity index (χ2n) is 10.6. The lowest BCUT2D eigenvalue weighted by atomic mass is 9.77. The first-order valence-corrected chi connectivity index (χ1v) is 16.4. The third-order valence-corrected chi connectivity index (χ3v) is 10.3. The molecule has 0 aliphatic carbocycles. The summed E-state index contributed by atoms with van der Waals surface area (Å²) in [5, 5.41) is 4.19. The van der Waals surface area contributed by atoms with Crippen LogP contribution in [0.2, 0.25) is 0 Å². The fraction of sp³-hybridized carbons (Fsp3) is 0.270. The van der Waals surface area contributed by atoms with Crippen molar-refractivity contribution in [2.24, 2.45) is 11.8 Å².